The lowest BCUT2D eigenvalue weighted by Crippen LogP contribution is -2.48. The third kappa shape index (κ3) is 4.77. The van der Waals surface area contributed by atoms with E-state index in [2.05, 4.69) is 4.90 Å². The molecule has 1 aliphatic rings. The first-order valence-electron chi connectivity index (χ1n) is 9.22. The van der Waals surface area contributed by atoms with Crippen molar-refractivity contribution in [2.45, 2.75) is 11.3 Å². The van der Waals surface area contributed by atoms with Gasteiger partial charge in [0.15, 0.2) is 5.13 Å². The summed E-state index contributed by atoms with van der Waals surface area (Å²) in [7, 11) is -3.70. The molecule has 1 fully saturated rings. The van der Waals surface area contributed by atoms with Crippen LogP contribution in [-0.4, -0.2) is 43.9 Å². The molecule has 3 aromatic rings. The SMILES string of the molecule is O=S(=O)(c1cc(Cl)ccc1Cl)N1CCN(c2nc(Cc3ccc(Cl)cc3)cs2)CC1. The highest BCUT2D eigenvalue weighted by Crippen LogP contribution is 2.29. The molecule has 1 aromatic heterocycles. The lowest BCUT2D eigenvalue weighted by molar-refractivity contribution is 0.384. The molecule has 30 heavy (non-hydrogen) atoms. The number of nitrogens with zero attached hydrogens (tertiary/aromatic N) is 3. The molecule has 4 rings (SSSR count). The maximum atomic E-state index is 13.0. The molecular weight excluding hydrogens is 485 g/mol. The molecule has 0 amide bonds. The van der Waals surface area contributed by atoms with E-state index < -0.39 is 10.0 Å². The van der Waals surface area contributed by atoms with E-state index >= 15 is 0 Å². The van der Waals surface area contributed by atoms with E-state index in [-0.39, 0.29) is 9.92 Å². The summed E-state index contributed by atoms with van der Waals surface area (Å²) >= 11 is 19.6. The molecule has 2 aromatic carbocycles. The van der Waals surface area contributed by atoms with E-state index in [1.54, 1.807) is 17.4 Å². The van der Waals surface area contributed by atoms with E-state index in [0.29, 0.717) is 36.2 Å². The zero-order valence-corrected chi connectivity index (χ0v) is 19.7. The van der Waals surface area contributed by atoms with Gasteiger partial charge in [0.25, 0.3) is 0 Å². The number of anilines is 1. The maximum Gasteiger partial charge on any atom is 0.244 e. The van der Waals surface area contributed by atoms with Crippen LogP contribution in [0.4, 0.5) is 5.13 Å². The monoisotopic (exact) mass is 501 g/mol. The Kier molecular flexibility index (Phi) is 6.58. The van der Waals surface area contributed by atoms with Gasteiger partial charge in [0.1, 0.15) is 4.90 Å². The van der Waals surface area contributed by atoms with Gasteiger partial charge in [-0.3, -0.25) is 0 Å². The minimum absolute atomic E-state index is 0.0459. The van der Waals surface area contributed by atoms with Crippen LogP contribution in [0.15, 0.2) is 52.7 Å². The molecular formula is C20H18Cl3N3O2S2. The molecule has 0 bridgehead atoms. The second-order valence-electron chi connectivity index (χ2n) is 6.89. The van der Waals surface area contributed by atoms with Gasteiger partial charge in [-0.05, 0) is 35.9 Å². The van der Waals surface area contributed by atoms with E-state index in [4.69, 9.17) is 39.8 Å². The average molecular weight is 503 g/mol. The highest BCUT2D eigenvalue weighted by atomic mass is 35.5. The van der Waals surface area contributed by atoms with Gasteiger partial charge < -0.3 is 4.90 Å². The molecule has 0 aliphatic carbocycles. The Morgan fingerprint density at radius 2 is 1.60 bits per heavy atom. The van der Waals surface area contributed by atoms with Gasteiger partial charge in [0.05, 0.1) is 10.7 Å². The molecule has 0 unspecified atom stereocenters. The second kappa shape index (κ2) is 9.02. The molecule has 0 atom stereocenters. The van der Waals surface area contributed by atoms with Crippen molar-refractivity contribution in [2.24, 2.45) is 0 Å². The number of piperazine rings is 1. The number of halogens is 3. The van der Waals surface area contributed by atoms with Crippen molar-refractivity contribution >= 4 is 61.3 Å². The van der Waals surface area contributed by atoms with Gasteiger partial charge in [0, 0.05) is 48.0 Å². The zero-order chi connectivity index (χ0) is 21.3. The quantitative estimate of drug-likeness (QED) is 0.481. The minimum atomic E-state index is -3.70. The van der Waals surface area contributed by atoms with E-state index in [1.807, 2.05) is 29.6 Å². The van der Waals surface area contributed by atoms with Gasteiger partial charge in [-0.15, -0.1) is 11.3 Å². The molecule has 0 radical (unpaired) electrons. The number of hydrogen-bond donors (Lipinski definition) is 0. The Labute approximate surface area is 194 Å². The van der Waals surface area contributed by atoms with Crippen LogP contribution in [0, 0.1) is 0 Å². The van der Waals surface area contributed by atoms with Crippen LogP contribution in [0.5, 0.6) is 0 Å². The Bertz CT molecular complexity index is 1140. The summed E-state index contributed by atoms with van der Waals surface area (Å²) < 4.78 is 27.4. The van der Waals surface area contributed by atoms with Gasteiger partial charge in [-0.25, -0.2) is 13.4 Å². The van der Waals surface area contributed by atoms with Crippen LogP contribution in [0.25, 0.3) is 0 Å². The number of sulfonamides is 1. The summed E-state index contributed by atoms with van der Waals surface area (Å²) in [6, 6.07) is 12.2. The van der Waals surface area contributed by atoms with E-state index in [0.717, 1.165) is 22.8 Å². The third-order valence-electron chi connectivity index (χ3n) is 4.86. The highest BCUT2D eigenvalue weighted by Gasteiger charge is 2.31. The van der Waals surface area contributed by atoms with Crippen LogP contribution in [-0.2, 0) is 16.4 Å². The Morgan fingerprint density at radius 1 is 0.933 bits per heavy atom. The first-order chi connectivity index (χ1) is 14.3. The summed E-state index contributed by atoms with van der Waals surface area (Å²) in [5.74, 6) is 0. The first kappa shape index (κ1) is 21.9. The maximum absolute atomic E-state index is 13.0. The van der Waals surface area contributed by atoms with E-state index in [1.165, 1.54) is 16.4 Å². The van der Waals surface area contributed by atoms with Crippen molar-refractivity contribution in [2.75, 3.05) is 31.1 Å². The fourth-order valence-corrected chi connectivity index (χ4v) is 6.43. The number of hydrogen-bond acceptors (Lipinski definition) is 5. The first-order valence-corrected chi connectivity index (χ1v) is 12.7. The standard InChI is InChI=1S/C20H18Cl3N3O2S2/c21-15-3-1-14(2-4-15)11-17-13-29-20(24-17)25-7-9-26(10-8-25)30(27,28)19-12-16(22)5-6-18(19)23/h1-6,12-13H,7-11H2. The third-order valence-corrected chi connectivity index (χ3v) is 8.68. The molecule has 5 nitrogen and oxygen atoms in total. The average Bonchev–Trinajstić information content (AvgIpc) is 3.20. The zero-order valence-electron chi connectivity index (χ0n) is 15.8. The van der Waals surface area contributed by atoms with Crippen LogP contribution in [0.3, 0.4) is 0 Å². The van der Waals surface area contributed by atoms with Crippen LogP contribution in [0.2, 0.25) is 15.1 Å². The Hall–Kier alpha value is -1.35. The van der Waals surface area contributed by atoms with Gasteiger partial charge in [0.2, 0.25) is 10.0 Å². The van der Waals surface area contributed by atoms with Crippen molar-refractivity contribution < 1.29 is 8.42 Å². The Morgan fingerprint density at radius 3 is 2.30 bits per heavy atom. The summed E-state index contributed by atoms with van der Waals surface area (Å²) in [6.45, 7) is 1.84. The smallest absolute Gasteiger partial charge is 0.244 e. The minimum Gasteiger partial charge on any atom is -0.345 e. The number of rotatable bonds is 5. The number of aromatic nitrogens is 1. The normalized spacial score (nSPS) is 15.5. The molecule has 1 saturated heterocycles. The van der Waals surface area contributed by atoms with Crippen molar-refractivity contribution in [3.05, 3.63) is 74.2 Å². The van der Waals surface area contributed by atoms with E-state index in [9.17, 15) is 8.42 Å². The fraction of sp³-hybridized carbons (Fsp3) is 0.250. The molecule has 0 N–H and O–H groups in total. The summed E-state index contributed by atoms with van der Waals surface area (Å²) in [4.78, 5) is 6.89. The molecule has 0 saturated carbocycles. The number of thiazole rings is 1. The second-order valence-corrected chi connectivity index (χ2v) is 10.9. The van der Waals surface area contributed by atoms with Crippen LogP contribution in [0.1, 0.15) is 11.3 Å². The fourth-order valence-electron chi connectivity index (χ4n) is 3.27. The largest absolute Gasteiger partial charge is 0.345 e. The van der Waals surface area contributed by atoms with Crippen molar-refractivity contribution in [1.82, 2.24) is 9.29 Å². The van der Waals surface area contributed by atoms with Gasteiger partial charge in [-0.2, -0.15) is 4.31 Å². The number of benzene rings is 2. The molecule has 10 heteroatoms. The molecule has 0 spiro atoms. The summed E-state index contributed by atoms with van der Waals surface area (Å²) in [6.07, 6.45) is 0.731. The highest BCUT2D eigenvalue weighted by molar-refractivity contribution is 7.89. The predicted octanol–water partition coefficient (Wildman–Crippen LogP) is 5.21. The Balaban J connectivity index is 1.42. The van der Waals surface area contributed by atoms with Crippen molar-refractivity contribution in [3.63, 3.8) is 0 Å². The van der Waals surface area contributed by atoms with Crippen molar-refractivity contribution in [3.8, 4) is 0 Å². The van der Waals surface area contributed by atoms with Gasteiger partial charge >= 0.3 is 0 Å². The van der Waals surface area contributed by atoms with Gasteiger partial charge in [-0.1, -0.05) is 46.9 Å². The van der Waals surface area contributed by atoms with Crippen LogP contribution >= 0.6 is 46.1 Å². The van der Waals surface area contributed by atoms with Crippen LogP contribution < -0.4 is 4.90 Å². The molecule has 158 valence electrons. The molecule has 1 aliphatic heterocycles. The summed E-state index contributed by atoms with van der Waals surface area (Å²) in [5.41, 5.74) is 2.13. The predicted molar refractivity (Wildman–Crippen MR) is 124 cm³/mol. The lowest BCUT2D eigenvalue weighted by Gasteiger charge is -2.34. The summed E-state index contributed by atoms with van der Waals surface area (Å²) in [5, 5.41) is 4.17. The lowest BCUT2D eigenvalue weighted by atomic mass is 10.1. The molecule has 2 heterocycles. The van der Waals surface area contributed by atoms with Crippen molar-refractivity contribution in [1.29, 1.82) is 0 Å². The topological polar surface area (TPSA) is 53.5 Å².